The number of nitrogens with one attached hydrogen (secondary N) is 1. The summed E-state index contributed by atoms with van der Waals surface area (Å²) in [5, 5.41) is 3.13. The van der Waals surface area contributed by atoms with Gasteiger partial charge < -0.3 is 9.88 Å². The van der Waals surface area contributed by atoms with Crippen LogP contribution < -0.4 is 10.9 Å². The number of ketones is 2. The molecule has 13 heteroatoms. The number of nitrogens with zero attached hydrogens (tertiary/aromatic N) is 1. The number of carbonyl (C=O) groups excluding carboxylic acids is 2. The Morgan fingerprint density at radius 1 is 0.911 bits per heavy atom. The molecule has 0 saturated carbocycles. The van der Waals surface area contributed by atoms with Crippen molar-refractivity contribution < 1.29 is 35.5 Å². The lowest BCUT2D eigenvalue weighted by Gasteiger charge is -2.29. The molecule has 2 aliphatic rings. The Hall–Kier alpha value is -4.69. The van der Waals surface area contributed by atoms with Gasteiger partial charge in [0.25, 0.3) is 25.8 Å². The van der Waals surface area contributed by atoms with Gasteiger partial charge in [0.1, 0.15) is 4.90 Å². The van der Waals surface area contributed by atoms with Gasteiger partial charge in [0.15, 0.2) is 11.6 Å². The molecule has 0 fully saturated rings. The Morgan fingerprint density at radius 2 is 1.62 bits per heavy atom. The smallest absolute Gasteiger partial charge is 0.296 e. The highest BCUT2D eigenvalue weighted by Crippen LogP contribution is 2.46. The van der Waals surface area contributed by atoms with Crippen LogP contribution in [0, 0.1) is 12.8 Å². The van der Waals surface area contributed by atoms with Gasteiger partial charge in [-0.2, -0.15) is 16.8 Å². The lowest BCUT2D eigenvalue weighted by atomic mass is 9.74. The van der Waals surface area contributed by atoms with E-state index in [4.69, 9.17) is 0 Å². The second-order valence-corrected chi connectivity index (χ2v) is 14.0. The number of hydrogen-bond donors (Lipinski definition) is 3. The molecule has 1 aromatic heterocycles. The van der Waals surface area contributed by atoms with E-state index in [9.17, 15) is 40.3 Å². The van der Waals surface area contributed by atoms with E-state index < -0.39 is 47.2 Å². The number of rotatable bonds is 6. The van der Waals surface area contributed by atoms with Crippen LogP contribution in [0.2, 0.25) is 0 Å². The molecule has 2 aliphatic carbocycles. The van der Waals surface area contributed by atoms with Crippen LogP contribution in [0.1, 0.15) is 50.8 Å². The minimum absolute atomic E-state index is 0.0357. The Kier molecular flexibility index (Phi) is 7.04. The molecule has 3 N–H and O–H groups in total. The molecule has 0 unspecified atom stereocenters. The van der Waals surface area contributed by atoms with Crippen LogP contribution in [-0.2, 0) is 27.3 Å². The first-order valence-electron chi connectivity index (χ1n) is 13.7. The molecule has 0 radical (unpaired) electrons. The molecule has 11 nitrogen and oxygen atoms in total. The summed E-state index contributed by atoms with van der Waals surface area (Å²) in [6, 6.07) is 12.4. The van der Waals surface area contributed by atoms with Gasteiger partial charge in [-0.05, 0) is 61.2 Å². The largest absolute Gasteiger partial charge is 0.354 e. The van der Waals surface area contributed by atoms with Crippen LogP contribution in [0.15, 0.2) is 86.9 Å². The second-order valence-electron chi connectivity index (χ2n) is 11.2. The first-order valence-corrected chi connectivity index (χ1v) is 16.6. The topological polar surface area (TPSA) is 177 Å². The third-order valence-electron chi connectivity index (χ3n) is 8.04. The van der Waals surface area contributed by atoms with E-state index in [1.165, 1.54) is 17.7 Å². The number of allylic oxidation sites excluding steroid dienone is 4. The van der Waals surface area contributed by atoms with Crippen LogP contribution >= 0.6 is 0 Å². The number of aryl methyl sites for hydroxylation is 2. The first kappa shape index (κ1) is 30.3. The first-order chi connectivity index (χ1) is 21.1. The van der Waals surface area contributed by atoms with E-state index in [0.717, 1.165) is 17.7 Å². The van der Waals surface area contributed by atoms with E-state index in [1.807, 2.05) is 26.0 Å². The second kappa shape index (κ2) is 10.4. The average molecular weight is 647 g/mol. The van der Waals surface area contributed by atoms with Crippen molar-refractivity contribution in [1.82, 2.24) is 4.57 Å². The lowest BCUT2D eigenvalue weighted by Crippen LogP contribution is -2.31. The molecule has 1 atom stereocenters. The number of anilines is 2. The van der Waals surface area contributed by atoms with Gasteiger partial charge in [-0.3, -0.25) is 23.5 Å². The van der Waals surface area contributed by atoms with E-state index >= 15 is 0 Å². The van der Waals surface area contributed by atoms with Crippen molar-refractivity contribution >= 4 is 59.7 Å². The molecule has 230 valence electrons. The summed E-state index contributed by atoms with van der Waals surface area (Å²) in [5.41, 5.74) is 1.63. The van der Waals surface area contributed by atoms with Gasteiger partial charge in [0.2, 0.25) is 0 Å². The Bertz CT molecular complexity index is 2370. The minimum Gasteiger partial charge on any atom is -0.354 e. The fourth-order valence-corrected chi connectivity index (χ4v) is 7.19. The van der Waals surface area contributed by atoms with E-state index in [-0.39, 0.29) is 39.6 Å². The van der Waals surface area contributed by atoms with Crippen molar-refractivity contribution in [1.29, 1.82) is 0 Å². The number of hydrogen-bond acceptors (Lipinski definition) is 8. The van der Waals surface area contributed by atoms with Gasteiger partial charge in [-0.15, -0.1) is 0 Å². The van der Waals surface area contributed by atoms with Crippen LogP contribution in [0.4, 0.5) is 11.4 Å². The molecular formula is C32H26N2O9S2. The van der Waals surface area contributed by atoms with E-state index in [1.54, 1.807) is 30.3 Å². The molecule has 6 rings (SSSR count). The lowest BCUT2D eigenvalue weighted by molar-refractivity contribution is 0.102. The van der Waals surface area contributed by atoms with Crippen molar-refractivity contribution in [3.63, 3.8) is 0 Å². The predicted octanol–water partition coefficient (Wildman–Crippen LogP) is 4.86. The maximum atomic E-state index is 14.3. The van der Waals surface area contributed by atoms with Gasteiger partial charge in [-0.1, -0.05) is 42.8 Å². The summed E-state index contributed by atoms with van der Waals surface area (Å²) in [6.45, 7) is 3.74. The minimum atomic E-state index is -5.03. The monoisotopic (exact) mass is 646 g/mol. The quantitative estimate of drug-likeness (QED) is 0.194. The SMILES string of the molecule is Cc1cccc(C(=O)c2c3c4c(c(Nc5ccc(S(=O)(=O)O)cc5S(=O)(=O)O)ccc4n(C)c2=O)C(=O)C2=C[C@H](C)CC=C23)c1. The zero-order chi connectivity index (χ0) is 32.6. The number of Topliss-reactive ketones (excluding diaryl/α,β-unsaturated/α-hetero) is 1. The predicted molar refractivity (Wildman–Crippen MR) is 167 cm³/mol. The summed E-state index contributed by atoms with van der Waals surface area (Å²) in [7, 11) is -8.37. The van der Waals surface area contributed by atoms with Gasteiger partial charge in [-0.25, -0.2) is 0 Å². The number of aromatic nitrogens is 1. The van der Waals surface area contributed by atoms with E-state index in [0.29, 0.717) is 34.5 Å². The highest BCUT2D eigenvalue weighted by atomic mass is 32.2. The summed E-state index contributed by atoms with van der Waals surface area (Å²) < 4.78 is 68.6. The van der Waals surface area contributed by atoms with Crippen molar-refractivity contribution in [2.75, 3.05) is 5.32 Å². The number of carbonyl (C=O) groups is 2. The molecule has 0 spiro atoms. The number of benzene rings is 3. The highest BCUT2D eigenvalue weighted by Gasteiger charge is 2.37. The third kappa shape index (κ3) is 5.03. The van der Waals surface area contributed by atoms with Crippen molar-refractivity contribution in [2.24, 2.45) is 13.0 Å². The third-order valence-corrected chi connectivity index (χ3v) is 9.79. The normalized spacial score (nSPS) is 16.2. The molecule has 0 aliphatic heterocycles. The number of fused-ring (bicyclic) bond motifs is 2. The zero-order valence-electron chi connectivity index (χ0n) is 24.2. The molecule has 4 aromatic rings. The molecule has 0 amide bonds. The van der Waals surface area contributed by atoms with Crippen LogP contribution in [0.3, 0.4) is 0 Å². The fraction of sp³-hybridized carbons (Fsp3) is 0.156. The van der Waals surface area contributed by atoms with Crippen LogP contribution in [0.5, 0.6) is 0 Å². The van der Waals surface area contributed by atoms with Gasteiger partial charge in [0, 0.05) is 29.1 Å². The molecular weight excluding hydrogens is 620 g/mol. The van der Waals surface area contributed by atoms with Crippen LogP contribution in [0.25, 0.3) is 16.5 Å². The zero-order valence-corrected chi connectivity index (χ0v) is 25.8. The molecule has 0 saturated heterocycles. The Morgan fingerprint density at radius 3 is 2.29 bits per heavy atom. The molecule has 0 bridgehead atoms. The summed E-state index contributed by atoms with van der Waals surface area (Å²) >= 11 is 0. The van der Waals surface area contributed by atoms with Crippen LogP contribution in [-0.4, -0.2) is 42.1 Å². The van der Waals surface area contributed by atoms with Crippen molar-refractivity contribution in [3.05, 3.63) is 110 Å². The fourth-order valence-electron chi connectivity index (χ4n) is 5.93. The number of pyridine rings is 1. The summed E-state index contributed by atoms with van der Waals surface area (Å²) in [6.07, 6.45) is 4.17. The van der Waals surface area contributed by atoms with Crippen molar-refractivity contribution in [3.8, 4) is 0 Å². The summed E-state index contributed by atoms with van der Waals surface area (Å²) in [4.78, 5) is 40.6. The summed E-state index contributed by atoms with van der Waals surface area (Å²) in [5.74, 6) is -1.00. The maximum Gasteiger partial charge on any atom is 0.296 e. The molecule has 3 aromatic carbocycles. The van der Waals surface area contributed by atoms with E-state index in [2.05, 4.69) is 5.32 Å². The standard InChI is InChI=1S/C32H26N2O9S2/c1-16-5-4-6-18(13-16)30(35)29-26-20-9-7-17(2)14-21(20)31(36)27-23(11-12-24(28(26)27)34(3)32(29)37)33-22-10-8-19(44(38,39)40)15-25(22)45(41,42)43/h4-6,8-15,17,33H,7H2,1-3H3,(H,38,39,40)(H,41,42,43)/t17-/m1/s1. The Labute approximate surface area is 258 Å². The Balaban J connectivity index is 1.69. The van der Waals surface area contributed by atoms with Gasteiger partial charge in [0.05, 0.1) is 32.9 Å². The molecule has 45 heavy (non-hydrogen) atoms. The average Bonchev–Trinajstić information content (AvgIpc) is 2.97. The van der Waals surface area contributed by atoms with Crippen molar-refractivity contribution in [2.45, 2.75) is 30.1 Å². The molecule has 1 heterocycles. The van der Waals surface area contributed by atoms with Gasteiger partial charge >= 0.3 is 0 Å². The maximum absolute atomic E-state index is 14.3. The highest BCUT2D eigenvalue weighted by molar-refractivity contribution is 7.86.